The molecule has 0 fully saturated rings. The molecule has 2 aliphatic rings. The Bertz CT molecular complexity index is 470. The Kier molecular flexibility index (Phi) is 3.85. The van der Waals surface area contributed by atoms with Crippen molar-refractivity contribution in [1.82, 2.24) is 5.32 Å². The van der Waals surface area contributed by atoms with E-state index in [4.69, 9.17) is 9.47 Å². The van der Waals surface area contributed by atoms with Crippen molar-refractivity contribution >= 4 is 0 Å². The Morgan fingerprint density at radius 2 is 2.11 bits per heavy atom. The van der Waals surface area contributed by atoms with Gasteiger partial charge in [0.15, 0.2) is 0 Å². The molecular weight excluding hydrogens is 238 g/mol. The molecule has 0 saturated heterocycles. The molecule has 1 N–H and O–H groups in total. The fourth-order valence-electron chi connectivity index (χ4n) is 3.05. The summed E-state index contributed by atoms with van der Waals surface area (Å²) < 4.78 is 11.5. The van der Waals surface area contributed by atoms with Gasteiger partial charge in [0.2, 0.25) is 0 Å². The summed E-state index contributed by atoms with van der Waals surface area (Å²) in [4.78, 5) is 0. The Hall–Kier alpha value is -1.32. The molecule has 2 aliphatic heterocycles. The van der Waals surface area contributed by atoms with Crippen LogP contribution in [0.5, 0.6) is 0 Å². The van der Waals surface area contributed by atoms with Crippen molar-refractivity contribution in [2.24, 2.45) is 0 Å². The average molecular weight is 259 g/mol. The van der Waals surface area contributed by atoms with Gasteiger partial charge < -0.3 is 14.8 Å². The summed E-state index contributed by atoms with van der Waals surface area (Å²) in [5.74, 6) is 0. The van der Waals surface area contributed by atoms with Gasteiger partial charge in [0.1, 0.15) is 6.10 Å². The van der Waals surface area contributed by atoms with Gasteiger partial charge in [-0.25, -0.2) is 0 Å². The minimum atomic E-state index is 0.0999. The third kappa shape index (κ3) is 2.53. The zero-order chi connectivity index (χ0) is 13.1. The zero-order valence-corrected chi connectivity index (χ0v) is 11.4. The van der Waals surface area contributed by atoms with Crippen LogP contribution in [0.4, 0.5) is 0 Å². The maximum atomic E-state index is 6.05. The second-order valence-corrected chi connectivity index (χ2v) is 5.17. The van der Waals surface area contributed by atoms with E-state index >= 15 is 0 Å². The van der Waals surface area contributed by atoms with Crippen LogP contribution in [-0.2, 0) is 15.9 Å². The van der Waals surface area contributed by atoms with Gasteiger partial charge in [0.25, 0.3) is 0 Å². The zero-order valence-electron chi connectivity index (χ0n) is 11.4. The standard InChI is InChI=1S/C16H21NO2/c1-17-15(13-6-4-9-18-11-13)16-14-7-3-2-5-12(14)8-10-19-16/h2-3,5,7,11,15-17H,4,6,8-10H2,1H3. The number of rotatable bonds is 3. The van der Waals surface area contributed by atoms with Crippen LogP contribution < -0.4 is 5.32 Å². The minimum absolute atomic E-state index is 0.0999. The Morgan fingerprint density at radius 1 is 1.21 bits per heavy atom. The van der Waals surface area contributed by atoms with E-state index in [9.17, 15) is 0 Å². The largest absolute Gasteiger partial charge is 0.501 e. The Labute approximate surface area is 114 Å². The Morgan fingerprint density at radius 3 is 2.89 bits per heavy atom. The molecule has 3 rings (SSSR count). The highest BCUT2D eigenvalue weighted by atomic mass is 16.5. The number of fused-ring (bicyclic) bond motifs is 1. The first-order valence-corrected chi connectivity index (χ1v) is 7.07. The molecule has 0 aliphatic carbocycles. The molecule has 0 spiro atoms. The first kappa shape index (κ1) is 12.7. The van der Waals surface area contributed by atoms with Gasteiger partial charge in [-0.3, -0.25) is 0 Å². The number of hydrogen-bond acceptors (Lipinski definition) is 3. The topological polar surface area (TPSA) is 30.5 Å². The van der Waals surface area contributed by atoms with Crippen molar-refractivity contribution in [3.05, 3.63) is 47.2 Å². The first-order valence-electron chi connectivity index (χ1n) is 7.07. The maximum absolute atomic E-state index is 6.05. The van der Waals surface area contributed by atoms with E-state index in [2.05, 4.69) is 29.6 Å². The summed E-state index contributed by atoms with van der Waals surface area (Å²) in [5.41, 5.74) is 4.05. The summed E-state index contributed by atoms with van der Waals surface area (Å²) in [7, 11) is 2.00. The molecule has 102 valence electrons. The van der Waals surface area contributed by atoms with Gasteiger partial charge in [0.05, 0.1) is 25.5 Å². The van der Waals surface area contributed by atoms with Gasteiger partial charge in [0, 0.05) is 0 Å². The van der Waals surface area contributed by atoms with Crippen molar-refractivity contribution in [1.29, 1.82) is 0 Å². The van der Waals surface area contributed by atoms with Crippen molar-refractivity contribution in [3.8, 4) is 0 Å². The first-order chi connectivity index (χ1) is 9.40. The van der Waals surface area contributed by atoms with Crippen LogP contribution in [0.15, 0.2) is 36.1 Å². The lowest BCUT2D eigenvalue weighted by Crippen LogP contribution is -2.38. The molecule has 1 aromatic rings. The predicted molar refractivity (Wildman–Crippen MR) is 75.0 cm³/mol. The van der Waals surface area contributed by atoms with E-state index < -0.39 is 0 Å². The van der Waals surface area contributed by atoms with Crippen molar-refractivity contribution < 1.29 is 9.47 Å². The predicted octanol–water partition coefficient (Wildman–Crippen LogP) is 2.58. The summed E-state index contributed by atoms with van der Waals surface area (Å²) in [6.45, 7) is 1.63. The molecule has 0 bridgehead atoms. The van der Waals surface area contributed by atoms with Crippen LogP contribution in [0.2, 0.25) is 0 Å². The van der Waals surface area contributed by atoms with Gasteiger partial charge in [-0.2, -0.15) is 0 Å². The third-order valence-corrected chi connectivity index (χ3v) is 4.01. The van der Waals surface area contributed by atoms with E-state index in [1.807, 2.05) is 13.3 Å². The molecule has 3 heteroatoms. The molecule has 0 saturated carbocycles. The van der Waals surface area contributed by atoms with Crippen LogP contribution in [0.25, 0.3) is 0 Å². The van der Waals surface area contributed by atoms with Gasteiger partial charge in [-0.05, 0) is 43.0 Å². The van der Waals surface area contributed by atoms with Gasteiger partial charge >= 0.3 is 0 Å². The van der Waals surface area contributed by atoms with Crippen molar-refractivity contribution in [3.63, 3.8) is 0 Å². The second kappa shape index (κ2) is 5.76. The van der Waals surface area contributed by atoms with Crippen molar-refractivity contribution in [2.45, 2.75) is 31.4 Å². The number of benzene rings is 1. The van der Waals surface area contributed by atoms with E-state index in [1.54, 1.807) is 0 Å². The molecular formula is C16H21NO2. The maximum Gasteiger partial charge on any atom is 0.102 e. The van der Waals surface area contributed by atoms with Crippen molar-refractivity contribution in [2.75, 3.05) is 20.3 Å². The lowest BCUT2D eigenvalue weighted by molar-refractivity contribution is 0.0227. The number of likely N-dealkylation sites (N-methyl/N-ethyl adjacent to an activating group) is 1. The summed E-state index contributed by atoms with van der Waals surface area (Å²) >= 11 is 0. The molecule has 19 heavy (non-hydrogen) atoms. The highest BCUT2D eigenvalue weighted by molar-refractivity contribution is 5.34. The van der Waals surface area contributed by atoms with Crippen LogP contribution in [-0.4, -0.2) is 26.3 Å². The quantitative estimate of drug-likeness (QED) is 0.905. The third-order valence-electron chi connectivity index (χ3n) is 4.01. The second-order valence-electron chi connectivity index (χ2n) is 5.17. The number of ether oxygens (including phenoxy) is 2. The monoisotopic (exact) mass is 259 g/mol. The average Bonchev–Trinajstić information content (AvgIpc) is 2.49. The minimum Gasteiger partial charge on any atom is -0.501 e. The molecule has 0 aromatic heterocycles. The van der Waals surface area contributed by atoms with E-state index in [0.29, 0.717) is 0 Å². The van der Waals surface area contributed by atoms with Crippen LogP contribution in [0.3, 0.4) is 0 Å². The summed E-state index contributed by atoms with van der Waals surface area (Å²) in [5, 5.41) is 3.41. The highest BCUT2D eigenvalue weighted by Crippen LogP contribution is 2.34. The Balaban J connectivity index is 1.90. The smallest absolute Gasteiger partial charge is 0.102 e. The fraction of sp³-hybridized carbons (Fsp3) is 0.500. The molecule has 2 unspecified atom stereocenters. The molecule has 3 nitrogen and oxygen atoms in total. The van der Waals surface area contributed by atoms with E-state index in [0.717, 1.165) is 32.5 Å². The molecule has 2 atom stereocenters. The SMILES string of the molecule is CNC(C1=COCCC1)C1OCCc2ccccc21. The summed E-state index contributed by atoms with van der Waals surface area (Å²) in [6.07, 6.45) is 5.22. The van der Waals surface area contributed by atoms with E-state index in [-0.39, 0.29) is 12.1 Å². The molecule has 0 amide bonds. The van der Waals surface area contributed by atoms with Crippen LogP contribution in [0, 0.1) is 0 Å². The molecule has 1 aromatic carbocycles. The number of nitrogens with one attached hydrogen (secondary N) is 1. The normalized spacial score (nSPS) is 24.1. The lowest BCUT2D eigenvalue weighted by Gasteiger charge is -2.34. The number of hydrogen-bond donors (Lipinski definition) is 1. The highest BCUT2D eigenvalue weighted by Gasteiger charge is 2.30. The van der Waals surface area contributed by atoms with Crippen LogP contribution >= 0.6 is 0 Å². The van der Waals surface area contributed by atoms with Gasteiger partial charge in [-0.1, -0.05) is 24.3 Å². The van der Waals surface area contributed by atoms with Crippen LogP contribution in [0.1, 0.15) is 30.1 Å². The fourth-order valence-corrected chi connectivity index (χ4v) is 3.05. The molecule has 2 heterocycles. The lowest BCUT2D eigenvalue weighted by atomic mass is 9.88. The summed E-state index contributed by atoms with van der Waals surface area (Å²) in [6, 6.07) is 8.82. The van der Waals surface area contributed by atoms with E-state index in [1.165, 1.54) is 16.7 Å². The van der Waals surface area contributed by atoms with Gasteiger partial charge in [-0.15, -0.1) is 0 Å². The molecule has 0 radical (unpaired) electrons.